The first-order valence-corrected chi connectivity index (χ1v) is 7.34. The van der Waals surface area contributed by atoms with Crippen molar-refractivity contribution in [1.29, 1.82) is 0 Å². The molecule has 1 unspecified atom stereocenters. The summed E-state index contributed by atoms with van der Waals surface area (Å²) in [5, 5.41) is 5.66. The van der Waals surface area contributed by atoms with Gasteiger partial charge in [0.05, 0.1) is 0 Å². The average Bonchev–Trinajstić information content (AvgIpc) is 2.54. The largest absolute Gasteiger partial charge is 0.355 e. The number of hydrogen-bond donors (Lipinski definition) is 2. The molecule has 0 saturated heterocycles. The van der Waals surface area contributed by atoms with Gasteiger partial charge < -0.3 is 10.6 Å². The SMILES string of the molecule is O=C(CCNC(=O)C1CC=CCC1)NCc1ccncc1. The lowest BCUT2D eigenvalue weighted by atomic mass is 9.94. The van der Waals surface area contributed by atoms with Gasteiger partial charge in [-0.3, -0.25) is 14.6 Å². The first kappa shape index (κ1) is 15.2. The fourth-order valence-corrected chi connectivity index (χ4v) is 2.26. The van der Waals surface area contributed by atoms with E-state index < -0.39 is 0 Å². The summed E-state index contributed by atoms with van der Waals surface area (Å²) < 4.78 is 0. The Morgan fingerprint density at radius 2 is 2.00 bits per heavy atom. The van der Waals surface area contributed by atoms with Gasteiger partial charge in [0, 0.05) is 37.8 Å². The van der Waals surface area contributed by atoms with Crippen molar-refractivity contribution in [2.75, 3.05) is 6.54 Å². The van der Waals surface area contributed by atoms with Crippen LogP contribution in [0.3, 0.4) is 0 Å². The van der Waals surface area contributed by atoms with E-state index in [1.807, 2.05) is 12.1 Å². The van der Waals surface area contributed by atoms with Crippen molar-refractivity contribution in [2.45, 2.75) is 32.2 Å². The summed E-state index contributed by atoms with van der Waals surface area (Å²) in [7, 11) is 0. The number of allylic oxidation sites excluding steroid dienone is 2. The van der Waals surface area contributed by atoms with Crippen molar-refractivity contribution in [3.8, 4) is 0 Å². The van der Waals surface area contributed by atoms with Gasteiger partial charge in [0.2, 0.25) is 11.8 Å². The molecule has 2 rings (SSSR count). The summed E-state index contributed by atoms with van der Waals surface area (Å²) in [6.07, 6.45) is 10.5. The predicted octanol–water partition coefficient (Wildman–Crippen LogP) is 1.56. The Labute approximate surface area is 124 Å². The molecule has 112 valence electrons. The normalized spacial score (nSPS) is 17.2. The lowest BCUT2D eigenvalue weighted by Crippen LogP contribution is -2.34. The average molecular weight is 287 g/mol. The molecule has 0 fully saturated rings. The number of rotatable bonds is 6. The van der Waals surface area contributed by atoms with Gasteiger partial charge in [-0.2, -0.15) is 0 Å². The van der Waals surface area contributed by atoms with Gasteiger partial charge >= 0.3 is 0 Å². The maximum Gasteiger partial charge on any atom is 0.223 e. The van der Waals surface area contributed by atoms with Gasteiger partial charge in [-0.1, -0.05) is 12.2 Å². The van der Waals surface area contributed by atoms with Crippen LogP contribution >= 0.6 is 0 Å². The zero-order chi connectivity index (χ0) is 14.9. The van der Waals surface area contributed by atoms with Crippen LogP contribution in [0.2, 0.25) is 0 Å². The van der Waals surface area contributed by atoms with Crippen molar-refractivity contribution in [3.63, 3.8) is 0 Å². The topological polar surface area (TPSA) is 71.1 Å². The molecule has 0 spiro atoms. The second kappa shape index (κ2) is 8.19. The highest BCUT2D eigenvalue weighted by molar-refractivity contribution is 5.80. The first-order valence-electron chi connectivity index (χ1n) is 7.34. The van der Waals surface area contributed by atoms with Gasteiger partial charge in [-0.05, 0) is 37.0 Å². The smallest absolute Gasteiger partial charge is 0.223 e. The Morgan fingerprint density at radius 3 is 2.71 bits per heavy atom. The van der Waals surface area contributed by atoms with E-state index in [-0.39, 0.29) is 17.7 Å². The van der Waals surface area contributed by atoms with Gasteiger partial charge in [-0.25, -0.2) is 0 Å². The number of nitrogens with one attached hydrogen (secondary N) is 2. The summed E-state index contributed by atoms with van der Waals surface area (Å²) >= 11 is 0. The molecular weight excluding hydrogens is 266 g/mol. The first-order chi connectivity index (χ1) is 10.3. The molecule has 1 aromatic heterocycles. The highest BCUT2D eigenvalue weighted by Crippen LogP contribution is 2.17. The molecular formula is C16H21N3O2. The lowest BCUT2D eigenvalue weighted by molar-refractivity contribution is -0.125. The Balaban J connectivity index is 1.60. The van der Waals surface area contributed by atoms with E-state index in [4.69, 9.17) is 0 Å². The van der Waals surface area contributed by atoms with Crippen LogP contribution < -0.4 is 10.6 Å². The minimum absolute atomic E-state index is 0.0567. The van der Waals surface area contributed by atoms with E-state index in [0.29, 0.717) is 19.5 Å². The molecule has 21 heavy (non-hydrogen) atoms. The highest BCUT2D eigenvalue weighted by atomic mass is 16.2. The minimum atomic E-state index is -0.0596. The third-order valence-electron chi connectivity index (χ3n) is 3.53. The van der Waals surface area contributed by atoms with E-state index in [2.05, 4.69) is 27.8 Å². The molecule has 0 radical (unpaired) electrons. The third kappa shape index (κ3) is 5.38. The Bertz CT molecular complexity index is 500. The summed E-state index contributed by atoms with van der Waals surface area (Å²) in [6.45, 7) is 0.879. The number of nitrogens with zero attached hydrogens (tertiary/aromatic N) is 1. The van der Waals surface area contributed by atoms with Crippen LogP contribution in [0.25, 0.3) is 0 Å². The summed E-state index contributed by atoms with van der Waals surface area (Å²) in [6, 6.07) is 3.72. The zero-order valence-electron chi connectivity index (χ0n) is 12.0. The second-order valence-corrected chi connectivity index (χ2v) is 5.15. The van der Waals surface area contributed by atoms with Crippen LogP contribution in [0.4, 0.5) is 0 Å². The minimum Gasteiger partial charge on any atom is -0.355 e. The highest BCUT2D eigenvalue weighted by Gasteiger charge is 2.18. The molecule has 5 nitrogen and oxygen atoms in total. The lowest BCUT2D eigenvalue weighted by Gasteiger charge is -2.17. The molecule has 0 aliphatic heterocycles. The van der Waals surface area contributed by atoms with Crippen molar-refractivity contribution < 1.29 is 9.59 Å². The molecule has 5 heteroatoms. The monoisotopic (exact) mass is 287 g/mol. The van der Waals surface area contributed by atoms with Crippen molar-refractivity contribution in [2.24, 2.45) is 5.92 Å². The number of carbonyl (C=O) groups excluding carboxylic acids is 2. The predicted molar refractivity (Wildman–Crippen MR) is 80.2 cm³/mol. The van der Waals surface area contributed by atoms with Crippen molar-refractivity contribution in [3.05, 3.63) is 42.2 Å². The molecule has 0 bridgehead atoms. The molecule has 2 N–H and O–H groups in total. The molecule has 1 aromatic rings. The summed E-state index contributed by atoms with van der Waals surface area (Å²) in [5.41, 5.74) is 1.01. The Morgan fingerprint density at radius 1 is 1.19 bits per heavy atom. The van der Waals surface area contributed by atoms with Crippen LogP contribution in [-0.2, 0) is 16.1 Å². The Hall–Kier alpha value is -2.17. The van der Waals surface area contributed by atoms with E-state index in [1.54, 1.807) is 12.4 Å². The van der Waals surface area contributed by atoms with Crippen LogP contribution in [-0.4, -0.2) is 23.3 Å². The van der Waals surface area contributed by atoms with Gasteiger partial charge in [0.25, 0.3) is 0 Å². The quantitative estimate of drug-likeness (QED) is 0.780. The van der Waals surface area contributed by atoms with Gasteiger partial charge in [0.1, 0.15) is 0 Å². The molecule has 1 atom stereocenters. The molecule has 0 aromatic carbocycles. The maximum absolute atomic E-state index is 11.9. The van der Waals surface area contributed by atoms with E-state index >= 15 is 0 Å². The van der Waals surface area contributed by atoms with E-state index in [0.717, 1.165) is 24.8 Å². The summed E-state index contributed by atoms with van der Waals surface area (Å²) in [4.78, 5) is 27.5. The van der Waals surface area contributed by atoms with Crippen LogP contribution in [0.1, 0.15) is 31.2 Å². The van der Waals surface area contributed by atoms with Gasteiger partial charge in [0.15, 0.2) is 0 Å². The number of amides is 2. The molecule has 1 aliphatic rings. The van der Waals surface area contributed by atoms with Crippen LogP contribution in [0, 0.1) is 5.92 Å². The van der Waals surface area contributed by atoms with E-state index in [1.165, 1.54) is 0 Å². The van der Waals surface area contributed by atoms with Crippen LogP contribution in [0.5, 0.6) is 0 Å². The standard InChI is InChI=1S/C16H21N3O2/c20-15(19-12-13-6-9-17-10-7-13)8-11-18-16(21)14-4-2-1-3-5-14/h1-2,6-7,9-10,14H,3-5,8,11-12H2,(H,18,21)(H,19,20). The third-order valence-corrected chi connectivity index (χ3v) is 3.53. The van der Waals surface area contributed by atoms with Crippen molar-refractivity contribution >= 4 is 11.8 Å². The zero-order valence-corrected chi connectivity index (χ0v) is 12.0. The van der Waals surface area contributed by atoms with Gasteiger partial charge in [-0.15, -0.1) is 0 Å². The number of hydrogen-bond acceptors (Lipinski definition) is 3. The molecule has 2 amide bonds. The number of aromatic nitrogens is 1. The molecule has 1 heterocycles. The Kier molecular flexibility index (Phi) is 5.94. The molecule has 0 saturated carbocycles. The second-order valence-electron chi connectivity index (χ2n) is 5.15. The maximum atomic E-state index is 11.9. The fraction of sp³-hybridized carbons (Fsp3) is 0.438. The van der Waals surface area contributed by atoms with Crippen LogP contribution in [0.15, 0.2) is 36.7 Å². The fourth-order valence-electron chi connectivity index (χ4n) is 2.26. The van der Waals surface area contributed by atoms with Crippen molar-refractivity contribution in [1.82, 2.24) is 15.6 Å². The summed E-state index contributed by atoms with van der Waals surface area (Å²) in [5.74, 6) is 0.0619. The number of carbonyl (C=O) groups is 2. The number of pyridine rings is 1. The molecule has 1 aliphatic carbocycles. The van der Waals surface area contributed by atoms with E-state index in [9.17, 15) is 9.59 Å².